The van der Waals surface area contributed by atoms with Gasteiger partial charge >= 0.3 is 6.01 Å². The van der Waals surface area contributed by atoms with E-state index in [-0.39, 0.29) is 6.01 Å². The number of aromatic nitrogens is 3. The van der Waals surface area contributed by atoms with Crippen molar-refractivity contribution in [3.8, 4) is 6.01 Å². The van der Waals surface area contributed by atoms with Gasteiger partial charge in [0.05, 0.1) is 6.61 Å². The number of anilines is 4. The topological polar surface area (TPSA) is 72.0 Å². The van der Waals surface area contributed by atoms with Crippen molar-refractivity contribution in [3.63, 3.8) is 0 Å². The van der Waals surface area contributed by atoms with Gasteiger partial charge in [0.15, 0.2) is 0 Å². The van der Waals surface area contributed by atoms with Crippen molar-refractivity contribution in [1.29, 1.82) is 0 Å². The summed E-state index contributed by atoms with van der Waals surface area (Å²) in [5.74, 6) is 0.848. The molecule has 1 heterocycles. The lowest BCUT2D eigenvalue weighted by Crippen LogP contribution is -2.07. The van der Waals surface area contributed by atoms with Crippen LogP contribution in [0.25, 0.3) is 0 Å². The van der Waals surface area contributed by atoms with E-state index in [1.807, 2.05) is 67.6 Å². The predicted molar refractivity (Wildman–Crippen MR) is 90.4 cm³/mol. The Labute approximate surface area is 134 Å². The zero-order chi connectivity index (χ0) is 15.9. The second kappa shape index (κ2) is 7.22. The first-order valence-corrected chi connectivity index (χ1v) is 7.36. The Balaban J connectivity index is 1.86. The van der Waals surface area contributed by atoms with E-state index in [9.17, 15) is 0 Å². The van der Waals surface area contributed by atoms with Crippen LogP contribution in [0, 0.1) is 0 Å². The van der Waals surface area contributed by atoms with Crippen LogP contribution in [0.3, 0.4) is 0 Å². The Morgan fingerprint density at radius 2 is 1.22 bits per heavy atom. The van der Waals surface area contributed by atoms with Crippen LogP contribution < -0.4 is 15.4 Å². The Morgan fingerprint density at radius 1 is 0.739 bits per heavy atom. The summed E-state index contributed by atoms with van der Waals surface area (Å²) in [5.41, 5.74) is 1.79. The van der Waals surface area contributed by atoms with Crippen molar-refractivity contribution in [1.82, 2.24) is 15.0 Å². The van der Waals surface area contributed by atoms with Crippen LogP contribution in [0.4, 0.5) is 23.3 Å². The third-order valence-electron chi connectivity index (χ3n) is 2.95. The van der Waals surface area contributed by atoms with Gasteiger partial charge in [0.25, 0.3) is 0 Å². The minimum absolute atomic E-state index is 0.277. The number of hydrogen-bond donors (Lipinski definition) is 2. The number of hydrogen-bond acceptors (Lipinski definition) is 6. The molecule has 0 aliphatic rings. The smallest absolute Gasteiger partial charge is 0.323 e. The van der Waals surface area contributed by atoms with Crippen LogP contribution in [-0.4, -0.2) is 21.6 Å². The van der Waals surface area contributed by atoms with Crippen LogP contribution in [0.1, 0.15) is 6.92 Å². The standard InChI is InChI=1S/C17H17N5O/c1-2-23-17-21-15(18-13-9-5-3-6-10-13)20-16(22-17)19-14-11-7-4-8-12-14/h3-12H,2H2,1H3,(H2,18,19,20,21,22). The van der Waals surface area contributed by atoms with E-state index in [2.05, 4.69) is 25.6 Å². The number of para-hydroxylation sites is 2. The van der Waals surface area contributed by atoms with Crippen molar-refractivity contribution in [2.45, 2.75) is 6.92 Å². The second-order valence-corrected chi connectivity index (χ2v) is 4.68. The van der Waals surface area contributed by atoms with Crippen LogP contribution in [0.2, 0.25) is 0 Å². The first-order valence-electron chi connectivity index (χ1n) is 7.36. The Morgan fingerprint density at radius 3 is 1.65 bits per heavy atom. The van der Waals surface area contributed by atoms with Crippen LogP contribution in [0.5, 0.6) is 6.01 Å². The minimum Gasteiger partial charge on any atom is -0.464 e. The van der Waals surface area contributed by atoms with E-state index in [1.54, 1.807) is 0 Å². The van der Waals surface area contributed by atoms with Crippen molar-refractivity contribution < 1.29 is 4.74 Å². The molecule has 0 unspecified atom stereocenters. The van der Waals surface area contributed by atoms with Crippen molar-refractivity contribution >= 4 is 23.3 Å². The molecular weight excluding hydrogens is 290 g/mol. The van der Waals surface area contributed by atoms with Gasteiger partial charge in [-0.2, -0.15) is 15.0 Å². The molecule has 0 aliphatic carbocycles. The molecule has 0 bridgehead atoms. The summed E-state index contributed by atoms with van der Waals surface area (Å²) in [6.07, 6.45) is 0. The van der Waals surface area contributed by atoms with Crippen molar-refractivity contribution in [3.05, 3.63) is 60.7 Å². The third-order valence-corrected chi connectivity index (χ3v) is 2.95. The molecule has 0 saturated heterocycles. The fourth-order valence-electron chi connectivity index (χ4n) is 1.96. The Kier molecular flexibility index (Phi) is 4.63. The lowest BCUT2D eigenvalue weighted by Gasteiger charge is -2.10. The van der Waals surface area contributed by atoms with E-state index in [1.165, 1.54) is 0 Å². The van der Waals surface area contributed by atoms with Gasteiger partial charge < -0.3 is 15.4 Å². The summed E-state index contributed by atoms with van der Waals surface area (Å²) in [6.45, 7) is 2.37. The van der Waals surface area contributed by atoms with Gasteiger partial charge in [0.1, 0.15) is 0 Å². The van der Waals surface area contributed by atoms with Gasteiger partial charge in [-0.25, -0.2) is 0 Å². The largest absolute Gasteiger partial charge is 0.464 e. The van der Waals surface area contributed by atoms with E-state index in [0.29, 0.717) is 18.5 Å². The molecule has 0 fully saturated rings. The molecule has 0 atom stereocenters. The lowest BCUT2D eigenvalue weighted by atomic mass is 10.3. The summed E-state index contributed by atoms with van der Waals surface area (Å²) in [6, 6.07) is 19.7. The quantitative estimate of drug-likeness (QED) is 0.722. The molecule has 6 nitrogen and oxygen atoms in total. The van der Waals surface area contributed by atoms with E-state index in [4.69, 9.17) is 4.74 Å². The summed E-state index contributed by atoms with van der Waals surface area (Å²) < 4.78 is 5.42. The lowest BCUT2D eigenvalue weighted by molar-refractivity contribution is 0.312. The predicted octanol–water partition coefficient (Wildman–Crippen LogP) is 3.76. The number of benzene rings is 2. The fourth-order valence-corrected chi connectivity index (χ4v) is 1.96. The molecule has 3 rings (SSSR count). The number of rotatable bonds is 6. The van der Waals surface area contributed by atoms with Gasteiger partial charge in [0, 0.05) is 11.4 Å². The highest BCUT2D eigenvalue weighted by molar-refractivity contribution is 5.57. The Hall–Kier alpha value is -3.15. The monoisotopic (exact) mass is 307 g/mol. The molecule has 3 aromatic rings. The summed E-state index contributed by atoms with van der Waals surface area (Å²) >= 11 is 0. The molecular formula is C17H17N5O. The summed E-state index contributed by atoms with van der Waals surface area (Å²) in [7, 11) is 0. The highest BCUT2D eigenvalue weighted by Crippen LogP contribution is 2.19. The molecule has 116 valence electrons. The molecule has 0 spiro atoms. The zero-order valence-corrected chi connectivity index (χ0v) is 12.7. The van der Waals surface area contributed by atoms with Crippen LogP contribution in [-0.2, 0) is 0 Å². The maximum atomic E-state index is 5.42. The summed E-state index contributed by atoms with van der Waals surface area (Å²) in [4.78, 5) is 12.9. The maximum absolute atomic E-state index is 5.42. The average Bonchev–Trinajstić information content (AvgIpc) is 2.57. The minimum atomic E-state index is 0.277. The molecule has 0 aliphatic heterocycles. The molecule has 0 saturated carbocycles. The first-order chi connectivity index (χ1) is 11.3. The molecule has 2 aromatic carbocycles. The second-order valence-electron chi connectivity index (χ2n) is 4.68. The highest BCUT2D eigenvalue weighted by atomic mass is 16.5. The van der Waals surface area contributed by atoms with Crippen molar-refractivity contribution in [2.75, 3.05) is 17.2 Å². The highest BCUT2D eigenvalue weighted by Gasteiger charge is 2.08. The van der Waals surface area contributed by atoms with Gasteiger partial charge in [-0.05, 0) is 31.2 Å². The molecule has 23 heavy (non-hydrogen) atoms. The van der Waals surface area contributed by atoms with Gasteiger partial charge in [-0.3, -0.25) is 0 Å². The first kappa shape index (κ1) is 14.8. The zero-order valence-electron chi connectivity index (χ0n) is 12.7. The van der Waals surface area contributed by atoms with E-state index >= 15 is 0 Å². The molecule has 0 radical (unpaired) electrons. The molecule has 0 amide bonds. The van der Waals surface area contributed by atoms with Crippen LogP contribution in [0.15, 0.2) is 60.7 Å². The molecule has 1 aromatic heterocycles. The third kappa shape index (κ3) is 4.16. The van der Waals surface area contributed by atoms with Crippen molar-refractivity contribution in [2.24, 2.45) is 0 Å². The normalized spacial score (nSPS) is 10.1. The number of nitrogens with zero attached hydrogens (tertiary/aromatic N) is 3. The van der Waals surface area contributed by atoms with Gasteiger partial charge in [-0.15, -0.1) is 0 Å². The van der Waals surface area contributed by atoms with E-state index < -0.39 is 0 Å². The average molecular weight is 307 g/mol. The Bertz CT molecular complexity index is 690. The molecule has 6 heteroatoms. The number of nitrogens with one attached hydrogen (secondary N) is 2. The van der Waals surface area contributed by atoms with Gasteiger partial charge in [-0.1, -0.05) is 36.4 Å². The maximum Gasteiger partial charge on any atom is 0.323 e. The van der Waals surface area contributed by atoms with Gasteiger partial charge in [0.2, 0.25) is 11.9 Å². The summed E-state index contributed by atoms with van der Waals surface area (Å²) in [5, 5.41) is 6.29. The number of ether oxygens (including phenoxy) is 1. The van der Waals surface area contributed by atoms with Crippen LogP contribution >= 0.6 is 0 Å². The molecule has 2 N–H and O–H groups in total. The van der Waals surface area contributed by atoms with E-state index in [0.717, 1.165) is 11.4 Å². The fraction of sp³-hybridized carbons (Fsp3) is 0.118. The SMILES string of the molecule is CCOc1nc(Nc2ccccc2)nc(Nc2ccccc2)n1.